The summed E-state index contributed by atoms with van der Waals surface area (Å²) in [5, 5.41) is 4.51. The lowest BCUT2D eigenvalue weighted by Crippen LogP contribution is -2.12. The molecular formula is C10H14BrF3N2. The van der Waals surface area contributed by atoms with E-state index < -0.39 is 11.7 Å². The van der Waals surface area contributed by atoms with Crippen molar-refractivity contribution in [2.45, 2.75) is 32.5 Å². The van der Waals surface area contributed by atoms with E-state index in [2.05, 4.69) is 28.0 Å². The Kier molecular flexibility index (Phi) is 4.83. The van der Waals surface area contributed by atoms with E-state index in [0.717, 1.165) is 30.6 Å². The lowest BCUT2D eigenvalue weighted by molar-refractivity contribution is -0.137. The average Bonchev–Trinajstić information content (AvgIpc) is 2.65. The predicted molar refractivity (Wildman–Crippen MR) is 59.4 cm³/mol. The van der Waals surface area contributed by atoms with Gasteiger partial charge in [-0.05, 0) is 12.3 Å². The summed E-state index contributed by atoms with van der Waals surface area (Å²) in [6.07, 6.45) is -0.369. The first-order valence-electron chi connectivity index (χ1n) is 5.13. The molecule has 0 aromatic carbocycles. The van der Waals surface area contributed by atoms with Crippen molar-refractivity contribution in [3.05, 3.63) is 18.0 Å². The first-order chi connectivity index (χ1) is 7.47. The van der Waals surface area contributed by atoms with Gasteiger partial charge < -0.3 is 0 Å². The third-order valence-corrected chi connectivity index (χ3v) is 3.24. The van der Waals surface area contributed by atoms with Gasteiger partial charge in [-0.3, -0.25) is 4.68 Å². The Morgan fingerprint density at radius 2 is 2.19 bits per heavy atom. The Balaban J connectivity index is 2.64. The number of aromatic nitrogens is 2. The van der Waals surface area contributed by atoms with Crippen LogP contribution in [0.3, 0.4) is 0 Å². The van der Waals surface area contributed by atoms with Crippen LogP contribution in [0.2, 0.25) is 0 Å². The molecule has 0 amide bonds. The second-order valence-corrected chi connectivity index (χ2v) is 4.41. The van der Waals surface area contributed by atoms with E-state index in [9.17, 15) is 13.2 Å². The zero-order valence-electron chi connectivity index (χ0n) is 8.97. The molecule has 92 valence electrons. The first-order valence-corrected chi connectivity index (χ1v) is 6.25. The number of hydrogen-bond acceptors (Lipinski definition) is 1. The van der Waals surface area contributed by atoms with Crippen LogP contribution in [-0.2, 0) is 12.7 Å². The van der Waals surface area contributed by atoms with Crippen molar-refractivity contribution < 1.29 is 13.2 Å². The molecule has 0 aliphatic carbocycles. The highest BCUT2D eigenvalue weighted by atomic mass is 79.9. The van der Waals surface area contributed by atoms with Crippen molar-refractivity contribution in [1.82, 2.24) is 9.78 Å². The van der Waals surface area contributed by atoms with Crippen molar-refractivity contribution >= 4 is 15.9 Å². The fourth-order valence-corrected chi connectivity index (χ4v) is 2.03. The largest absolute Gasteiger partial charge is 0.419 e. The molecular weight excluding hydrogens is 285 g/mol. The quantitative estimate of drug-likeness (QED) is 0.758. The topological polar surface area (TPSA) is 17.8 Å². The number of hydrogen-bond donors (Lipinski definition) is 0. The summed E-state index contributed by atoms with van der Waals surface area (Å²) in [6.45, 7) is 2.58. The van der Waals surface area contributed by atoms with E-state index in [1.165, 1.54) is 4.68 Å². The highest BCUT2D eigenvalue weighted by Crippen LogP contribution is 2.28. The van der Waals surface area contributed by atoms with Crippen LogP contribution in [0.25, 0.3) is 0 Å². The molecule has 6 heteroatoms. The molecule has 2 nitrogen and oxygen atoms in total. The van der Waals surface area contributed by atoms with E-state index in [4.69, 9.17) is 0 Å². The fourth-order valence-electron chi connectivity index (χ4n) is 1.50. The highest BCUT2D eigenvalue weighted by Gasteiger charge is 2.32. The summed E-state index contributed by atoms with van der Waals surface area (Å²) in [6, 6.07) is 0. The zero-order valence-corrected chi connectivity index (χ0v) is 10.6. The van der Waals surface area contributed by atoms with E-state index in [0.29, 0.717) is 12.5 Å². The summed E-state index contributed by atoms with van der Waals surface area (Å²) in [5.41, 5.74) is -0.683. The summed E-state index contributed by atoms with van der Waals surface area (Å²) < 4.78 is 38.3. The third kappa shape index (κ3) is 3.81. The summed E-state index contributed by atoms with van der Waals surface area (Å²) in [5.74, 6) is 0.325. The van der Waals surface area contributed by atoms with Gasteiger partial charge in [-0.2, -0.15) is 18.3 Å². The van der Waals surface area contributed by atoms with Crippen LogP contribution in [0.15, 0.2) is 12.4 Å². The van der Waals surface area contributed by atoms with E-state index in [-0.39, 0.29) is 0 Å². The maximum absolute atomic E-state index is 12.3. The van der Waals surface area contributed by atoms with Gasteiger partial charge in [0.25, 0.3) is 0 Å². The van der Waals surface area contributed by atoms with Gasteiger partial charge in [0.05, 0.1) is 11.8 Å². The number of rotatable bonds is 5. The van der Waals surface area contributed by atoms with Gasteiger partial charge in [0.15, 0.2) is 0 Å². The van der Waals surface area contributed by atoms with Crippen LogP contribution in [0, 0.1) is 5.92 Å². The second-order valence-electron chi connectivity index (χ2n) is 3.76. The SMILES string of the molecule is CCCC(CBr)Cn1cc(C(F)(F)F)cn1. The Labute approximate surface area is 101 Å². The van der Waals surface area contributed by atoms with Crippen molar-refractivity contribution in [2.24, 2.45) is 5.92 Å². The Morgan fingerprint density at radius 3 is 2.62 bits per heavy atom. The molecule has 0 saturated carbocycles. The summed E-state index contributed by atoms with van der Waals surface area (Å²) in [7, 11) is 0. The number of nitrogens with zero attached hydrogens (tertiary/aromatic N) is 2. The van der Waals surface area contributed by atoms with E-state index in [1.807, 2.05) is 0 Å². The molecule has 1 atom stereocenters. The monoisotopic (exact) mass is 298 g/mol. The van der Waals surface area contributed by atoms with Crippen LogP contribution < -0.4 is 0 Å². The third-order valence-electron chi connectivity index (χ3n) is 2.32. The van der Waals surface area contributed by atoms with Crippen molar-refractivity contribution in [1.29, 1.82) is 0 Å². The highest BCUT2D eigenvalue weighted by molar-refractivity contribution is 9.09. The van der Waals surface area contributed by atoms with Gasteiger partial charge in [-0.15, -0.1) is 0 Å². The molecule has 1 unspecified atom stereocenters. The fraction of sp³-hybridized carbons (Fsp3) is 0.700. The summed E-state index contributed by atoms with van der Waals surface area (Å²) in [4.78, 5) is 0. The van der Waals surface area contributed by atoms with Crippen LogP contribution in [0.5, 0.6) is 0 Å². The molecule has 0 N–H and O–H groups in total. The molecule has 16 heavy (non-hydrogen) atoms. The lowest BCUT2D eigenvalue weighted by Gasteiger charge is -2.12. The van der Waals surface area contributed by atoms with Gasteiger partial charge in [-0.25, -0.2) is 0 Å². The van der Waals surface area contributed by atoms with Gasteiger partial charge in [-0.1, -0.05) is 29.3 Å². The van der Waals surface area contributed by atoms with Crippen molar-refractivity contribution in [2.75, 3.05) is 5.33 Å². The van der Waals surface area contributed by atoms with Crippen molar-refractivity contribution in [3.8, 4) is 0 Å². The van der Waals surface area contributed by atoms with Crippen LogP contribution in [0.1, 0.15) is 25.3 Å². The second kappa shape index (κ2) is 5.70. The molecule has 1 heterocycles. The first kappa shape index (κ1) is 13.5. The molecule has 1 aromatic heterocycles. The molecule has 0 spiro atoms. The minimum absolute atomic E-state index is 0.325. The normalized spacial score (nSPS) is 14.1. The minimum Gasteiger partial charge on any atom is -0.272 e. The van der Waals surface area contributed by atoms with Crippen LogP contribution in [-0.4, -0.2) is 15.1 Å². The molecule has 0 fully saturated rings. The molecule has 1 aromatic rings. The Morgan fingerprint density at radius 1 is 1.50 bits per heavy atom. The van der Waals surface area contributed by atoms with E-state index >= 15 is 0 Å². The van der Waals surface area contributed by atoms with Gasteiger partial charge in [0.2, 0.25) is 0 Å². The Hall–Kier alpha value is -0.520. The van der Waals surface area contributed by atoms with Gasteiger partial charge in [0.1, 0.15) is 0 Å². The maximum atomic E-state index is 12.3. The molecule has 0 saturated heterocycles. The number of alkyl halides is 4. The van der Waals surface area contributed by atoms with Crippen LogP contribution in [0.4, 0.5) is 13.2 Å². The maximum Gasteiger partial charge on any atom is 0.419 e. The van der Waals surface area contributed by atoms with Gasteiger partial charge in [0, 0.05) is 18.1 Å². The summed E-state index contributed by atoms with van der Waals surface area (Å²) >= 11 is 3.36. The molecule has 0 bridgehead atoms. The van der Waals surface area contributed by atoms with Gasteiger partial charge >= 0.3 is 6.18 Å². The molecule has 0 aliphatic rings. The molecule has 1 rings (SSSR count). The molecule has 0 aliphatic heterocycles. The molecule has 0 radical (unpaired) electrons. The average molecular weight is 299 g/mol. The smallest absolute Gasteiger partial charge is 0.272 e. The van der Waals surface area contributed by atoms with Crippen LogP contribution >= 0.6 is 15.9 Å². The standard InChI is InChI=1S/C10H14BrF3N2/c1-2-3-8(4-11)6-16-7-9(5-15-16)10(12,13)14/h5,7-8H,2-4,6H2,1H3. The predicted octanol–water partition coefficient (Wildman–Crippen LogP) is 3.71. The number of halogens is 4. The van der Waals surface area contributed by atoms with Crippen molar-refractivity contribution in [3.63, 3.8) is 0 Å². The minimum atomic E-state index is -4.30. The lowest BCUT2D eigenvalue weighted by atomic mass is 10.1. The zero-order chi connectivity index (χ0) is 12.2. The Bertz CT molecular complexity index is 322. The van der Waals surface area contributed by atoms with E-state index in [1.54, 1.807) is 0 Å².